The number of rotatable bonds is 3. The van der Waals surface area contributed by atoms with Gasteiger partial charge in [-0.15, -0.1) is 0 Å². The van der Waals surface area contributed by atoms with Crippen LogP contribution in [0, 0.1) is 5.41 Å². The standard InChI is InChI=1S/C13H27NOS/c1-11(15)12(2,3)10-14-7-6-13(4,5)16-9-8-14/h11,15H,6-10H2,1-5H3. The molecule has 0 aliphatic carbocycles. The number of thioether (sulfide) groups is 1. The summed E-state index contributed by atoms with van der Waals surface area (Å²) < 4.78 is 0.420. The van der Waals surface area contributed by atoms with Crippen LogP contribution < -0.4 is 0 Å². The van der Waals surface area contributed by atoms with Crippen LogP contribution in [0.15, 0.2) is 0 Å². The molecule has 3 heteroatoms. The van der Waals surface area contributed by atoms with Gasteiger partial charge in [-0.25, -0.2) is 0 Å². The van der Waals surface area contributed by atoms with Crippen LogP contribution in [0.1, 0.15) is 41.0 Å². The SMILES string of the molecule is CC(O)C(C)(C)CN1CCSC(C)(C)CC1. The number of hydrogen-bond donors (Lipinski definition) is 1. The van der Waals surface area contributed by atoms with E-state index >= 15 is 0 Å². The minimum Gasteiger partial charge on any atom is -0.393 e. The molecule has 1 rings (SSSR count). The van der Waals surface area contributed by atoms with Gasteiger partial charge in [0.25, 0.3) is 0 Å². The van der Waals surface area contributed by atoms with Crippen LogP contribution in [0.5, 0.6) is 0 Å². The van der Waals surface area contributed by atoms with Crippen molar-refractivity contribution in [2.24, 2.45) is 5.41 Å². The number of aliphatic hydroxyl groups excluding tert-OH is 1. The third-order valence-electron chi connectivity index (χ3n) is 3.69. The molecule has 0 bridgehead atoms. The van der Waals surface area contributed by atoms with Gasteiger partial charge < -0.3 is 10.0 Å². The van der Waals surface area contributed by atoms with E-state index in [-0.39, 0.29) is 11.5 Å². The summed E-state index contributed by atoms with van der Waals surface area (Å²) in [4.78, 5) is 2.51. The van der Waals surface area contributed by atoms with Crippen LogP contribution in [-0.2, 0) is 0 Å². The van der Waals surface area contributed by atoms with Gasteiger partial charge in [-0.3, -0.25) is 0 Å². The second-order valence-corrected chi connectivity index (χ2v) is 8.10. The van der Waals surface area contributed by atoms with Crippen molar-refractivity contribution in [3.63, 3.8) is 0 Å². The Morgan fingerprint density at radius 1 is 1.38 bits per heavy atom. The molecule has 0 aromatic heterocycles. The average molecular weight is 245 g/mol. The molecule has 2 nitrogen and oxygen atoms in total. The van der Waals surface area contributed by atoms with Gasteiger partial charge in [0, 0.05) is 29.0 Å². The Balaban J connectivity index is 2.50. The van der Waals surface area contributed by atoms with Gasteiger partial charge in [0.15, 0.2) is 0 Å². The third-order valence-corrected chi connectivity index (χ3v) is 5.06. The highest BCUT2D eigenvalue weighted by Gasteiger charge is 2.30. The molecule has 1 saturated heterocycles. The quantitative estimate of drug-likeness (QED) is 0.827. The zero-order chi connectivity index (χ0) is 12.4. The molecule has 0 spiro atoms. The van der Waals surface area contributed by atoms with E-state index in [1.807, 2.05) is 6.92 Å². The highest BCUT2D eigenvalue weighted by molar-refractivity contribution is 8.00. The van der Waals surface area contributed by atoms with Gasteiger partial charge in [0.1, 0.15) is 0 Å². The van der Waals surface area contributed by atoms with Gasteiger partial charge in [-0.1, -0.05) is 27.7 Å². The minimum atomic E-state index is -0.239. The van der Waals surface area contributed by atoms with Crippen molar-refractivity contribution < 1.29 is 5.11 Å². The molecule has 0 aromatic carbocycles. The van der Waals surface area contributed by atoms with Crippen LogP contribution >= 0.6 is 11.8 Å². The molecule has 1 atom stereocenters. The normalized spacial score (nSPS) is 25.1. The Hall–Kier alpha value is 0.270. The van der Waals surface area contributed by atoms with Crippen LogP contribution in [0.4, 0.5) is 0 Å². The van der Waals surface area contributed by atoms with Crippen molar-refractivity contribution in [2.45, 2.75) is 51.9 Å². The Labute approximate surface area is 105 Å². The molecule has 1 fully saturated rings. The van der Waals surface area contributed by atoms with Crippen molar-refractivity contribution in [1.82, 2.24) is 4.90 Å². The molecule has 16 heavy (non-hydrogen) atoms. The predicted octanol–water partition coefficient (Wildman–Crippen LogP) is 2.61. The number of hydrogen-bond acceptors (Lipinski definition) is 3. The van der Waals surface area contributed by atoms with Crippen molar-refractivity contribution >= 4 is 11.8 Å². The summed E-state index contributed by atoms with van der Waals surface area (Å²) in [6, 6.07) is 0. The smallest absolute Gasteiger partial charge is 0.0575 e. The van der Waals surface area contributed by atoms with Gasteiger partial charge in [0.05, 0.1) is 6.10 Å². The lowest BCUT2D eigenvalue weighted by molar-refractivity contribution is 0.0358. The lowest BCUT2D eigenvalue weighted by Crippen LogP contribution is -2.41. The molecule has 1 aliphatic heterocycles. The molecular formula is C13H27NOS. The topological polar surface area (TPSA) is 23.5 Å². The molecule has 1 unspecified atom stereocenters. The molecule has 0 amide bonds. The highest BCUT2D eigenvalue weighted by atomic mass is 32.2. The molecule has 1 aliphatic rings. The minimum absolute atomic E-state index is 0.000844. The van der Waals surface area contributed by atoms with Crippen LogP contribution in [0.25, 0.3) is 0 Å². The summed E-state index contributed by atoms with van der Waals surface area (Å²) in [5, 5.41) is 9.75. The van der Waals surface area contributed by atoms with E-state index in [1.54, 1.807) is 0 Å². The van der Waals surface area contributed by atoms with Crippen molar-refractivity contribution in [1.29, 1.82) is 0 Å². The maximum Gasteiger partial charge on any atom is 0.0575 e. The number of aliphatic hydroxyl groups is 1. The van der Waals surface area contributed by atoms with Gasteiger partial charge in [0.2, 0.25) is 0 Å². The first-order chi connectivity index (χ1) is 7.23. The monoisotopic (exact) mass is 245 g/mol. The second-order valence-electron chi connectivity index (χ2n) is 6.30. The van der Waals surface area contributed by atoms with E-state index in [4.69, 9.17) is 0 Å². The van der Waals surface area contributed by atoms with E-state index in [9.17, 15) is 5.11 Å². The maximum atomic E-state index is 9.75. The Morgan fingerprint density at radius 2 is 2.00 bits per heavy atom. The van der Waals surface area contributed by atoms with Crippen molar-refractivity contribution in [3.05, 3.63) is 0 Å². The molecule has 1 heterocycles. The first-order valence-electron chi connectivity index (χ1n) is 6.27. The molecule has 96 valence electrons. The largest absolute Gasteiger partial charge is 0.393 e. The summed E-state index contributed by atoms with van der Waals surface area (Å²) in [7, 11) is 0. The highest BCUT2D eigenvalue weighted by Crippen LogP contribution is 2.32. The zero-order valence-corrected chi connectivity index (χ0v) is 12.2. The third kappa shape index (κ3) is 4.27. The lowest BCUT2D eigenvalue weighted by atomic mass is 9.87. The van der Waals surface area contributed by atoms with E-state index in [0.717, 1.165) is 19.6 Å². The Morgan fingerprint density at radius 3 is 2.56 bits per heavy atom. The fourth-order valence-corrected chi connectivity index (χ4v) is 3.07. The van der Waals surface area contributed by atoms with Crippen molar-refractivity contribution in [2.75, 3.05) is 25.4 Å². The average Bonchev–Trinajstić information content (AvgIpc) is 2.27. The van der Waals surface area contributed by atoms with E-state index in [0.29, 0.717) is 4.75 Å². The summed E-state index contributed by atoms with van der Waals surface area (Å²) in [5.74, 6) is 1.21. The summed E-state index contributed by atoms with van der Waals surface area (Å²) >= 11 is 2.08. The first-order valence-corrected chi connectivity index (χ1v) is 7.26. The lowest BCUT2D eigenvalue weighted by Gasteiger charge is -2.34. The molecular weight excluding hydrogens is 218 g/mol. The second kappa shape index (κ2) is 5.28. The van der Waals surface area contributed by atoms with Gasteiger partial charge in [-0.2, -0.15) is 11.8 Å². The summed E-state index contributed by atoms with van der Waals surface area (Å²) in [6.07, 6.45) is 1.00. The number of nitrogens with zero attached hydrogens (tertiary/aromatic N) is 1. The van der Waals surface area contributed by atoms with Crippen molar-refractivity contribution in [3.8, 4) is 0 Å². The summed E-state index contributed by atoms with van der Waals surface area (Å²) in [6.45, 7) is 14.2. The van der Waals surface area contributed by atoms with Gasteiger partial charge in [-0.05, 0) is 19.9 Å². The van der Waals surface area contributed by atoms with Gasteiger partial charge >= 0.3 is 0 Å². The summed E-state index contributed by atoms with van der Waals surface area (Å²) in [5.41, 5.74) is -0.000844. The van der Waals surface area contributed by atoms with E-state index < -0.39 is 0 Å². The predicted molar refractivity (Wildman–Crippen MR) is 73.1 cm³/mol. The fourth-order valence-electron chi connectivity index (χ4n) is 1.93. The Bertz CT molecular complexity index is 226. The zero-order valence-electron chi connectivity index (χ0n) is 11.4. The molecule has 0 aromatic rings. The molecule has 0 radical (unpaired) electrons. The van der Waals surface area contributed by atoms with Crippen LogP contribution in [0.2, 0.25) is 0 Å². The molecule has 0 saturated carbocycles. The van der Waals surface area contributed by atoms with E-state index in [1.165, 1.54) is 12.2 Å². The first kappa shape index (κ1) is 14.3. The van der Waals surface area contributed by atoms with E-state index in [2.05, 4.69) is 44.4 Å². The fraction of sp³-hybridized carbons (Fsp3) is 1.00. The Kier molecular flexibility index (Phi) is 4.73. The van der Waals surface area contributed by atoms with Crippen LogP contribution in [0.3, 0.4) is 0 Å². The molecule has 1 N–H and O–H groups in total. The van der Waals surface area contributed by atoms with Crippen LogP contribution in [-0.4, -0.2) is 46.2 Å². The maximum absolute atomic E-state index is 9.75.